The summed E-state index contributed by atoms with van der Waals surface area (Å²) in [4.78, 5) is 15.4. The van der Waals surface area contributed by atoms with Gasteiger partial charge in [-0.1, -0.05) is 36.4 Å². The number of rotatable bonds is 4. The van der Waals surface area contributed by atoms with Crippen molar-refractivity contribution in [3.8, 4) is 0 Å². The maximum Gasteiger partial charge on any atom is 0.226 e. The lowest BCUT2D eigenvalue weighted by atomic mass is 9.96. The predicted molar refractivity (Wildman–Crippen MR) is 87.8 cm³/mol. The van der Waals surface area contributed by atoms with Gasteiger partial charge >= 0.3 is 0 Å². The van der Waals surface area contributed by atoms with Gasteiger partial charge in [0.15, 0.2) is 0 Å². The van der Waals surface area contributed by atoms with Crippen molar-refractivity contribution < 1.29 is 4.79 Å². The van der Waals surface area contributed by atoms with E-state index in [0.717, 1.165) is 13.1 Å². The maximum atomic E-state index is 11.8. The van der Waals surface area contributed by atoms with E-state index in [1.54, 1.807) is 11.3 Å². The van der Waals surface area contributed by atoms with Crippen LogP contribution >= 0.6 is 22.9 Å². The minimum atomic E-state index is -0.212. The molecule has 1 fully saturated rings. The number of carbonyl (C=O) groups is 1. The van der Waals surface area contributed by atoms with Gasteiger partial charge in [-0.2, -0.15) is 0 Å². The van der Waals surface area contributed by atoms with Gasteiger partial charge in [0.2, 0.25) is 5.24 Å². The monoisotopic (exact) mass is 319 g/mol. The van der Waals surface area contributed by atoms with E-state index in [9.17, 15) is 4.79 Å². The van der Waals surface area contributed by atoms with Gasteiger partial charge in [0, 0.05) is 29.9 Å². The van der Waals surface area contributed by atoms with E-state index in [1.165, 1.54) is 10.4 Å². The van der Waals surface area contributed by atoms with Crippen molar-refractivity contribution in [3.05, 3.63) is 58.3 Å². The van der Waals surface area contributed by atoms with Crippen LogP contribution in [0.25, 0.3) is 0 Å². The molecule has 110 valence electrons. The van der Waals surface area contributed by atoms with Crippen molar-refractivity contribution in [2.75, 3.05) is 13.1 Å². The molecule has 1 aromatic carbocycles. The van der Waals surface area contributed by atoms with Crippen LogP contribution in [0, 0.1) is 5.92 Å². The first-order valence-electron chi connectivity index (χ1n) is 7.18. The van der Waals surface area contributed by atoms with Crippen molar-refractivity contribution in [1.29, 1.82) is 0 Å². The Labute approximate surface area is 134 Å². The van der Waals surface area contributed by atoms with Crippen LogP contribution in [0.3, 0.4) is 0 Å². The molecular formula is C17H18ClNOS. The fraction of sp³-hybridized carbons (Fsp3) is 0.353. The molecule has 3 unspecified atom stereocenters. The van der Waals surface area contributed by atoms with Crippen molar-refractivity contribution >= 4 is 28.2 Å². The Kier molecular flexibility index (Phi) is 4.43. The smallest absolute Gasteiger partial charge is 0.226 e. The third-order valence-corrected chi connectivity index (χ3v) is 5.66. The highest BCUT2D eigenvalue weighted by Gasteiger charge is 2.39. The molecule has 2 aromatic rings. The van der Waals surface area contributed by atoms with E-state index in [-0.39, 0.29) is 17.1 Å². The summed E-state index contributed by atoms with van der Waals surface area (Å²) >= 11 is 7.56. The first-order valence-corrected chi connectivity index (χ1v) is 8.44. The van der Waals surface area contributed by atoms with Gasteiger partial charge < -0.3 is 0 Å². The fourth-order valence-electron chi connectivity index (χ4n) is 3.11. The average Bonchev–Trinajstić information content (AvgIpc) is 3.16. The lowest BCUT2D eigenvalue weighted by Crippen LogP contribution is -2.25. The molecular weight excluding hydrogens is 302 g/mol. The molecule has 1 aliphatic heterocycles. The molecule has 3 atom stereocenters. The van der Waals surface area contributed by atoms with E-state index >= 15 is 0 Å². The second-order valence-electron chi connectivity index (χ2n) is 5.57. The molecule has 0 bridgehead atoms. The van der Waals surface area contributed by atoms with Crippen LogP contribution in [-0.2, 0) is 4.79 Å². The van der Waals surface area contributed by atoms with Crippen LogP contribution in [0.15, 0.2) is 47.8 Å². The van der Waals surface area contributed by atoms with Crippen molar-refractivity contribution in [1.82, 2.24) is 4.90 Å². The van der Waals surface area contributed by atoms with E-state index in [4.69, 9.17) is 11.6 Å². The summed E-state index contributed by atoms with van der Waals surface area (Å²) in [6.07, 6.45) is 0. The first kappa shape index (κ1) is 14.8. The first-order chi connectivity index (χ1) is 10.2. The van der Waals surface area contributed by atoms with Crippen LogP contribution in [0.5, 0.6) is 0 Å². The predicted octanol–water partition coefficient (Wildman–Crippen LogP) is 4.29. The summed E-state index contributed by atoms with van der Waals surface area (Å²) in [5, 5.41) is 1.85. The van der Waals surface area contributed by atoms with Gasteiger partial charge in [-0.3, -0.25) is 9.69 Å². The summed E-state index contributed by atoms with van der Waals surface area (Å²) in [5.74, 6) is 0.123. The number of carbonyl (C=O) groups excluding carboxylic acids is 1. The second kappa shape index (κ2) is 6.30. The Bertz CT molecular complexity index is 599. The molecule has 0 saturated carbocycles. The van der Waals surface area contributed by atoms with Crippen LogP contribution in [0.1, 0.15) is 29.3 Å². The Hall–Kier alpha value is -1.16. The molecule has 2 heterocycles. The second-order valence-corrected chi connectivity index (χ2v) is 6.92. The van der Waals surface area contributed by atoms with Gasteiger partial charge in [0.25, 0.3) is 0 Å². The van der Waals surface area contributed by atoms with Gasteiger partial charge in [0.1, 0.15) is 0 Å². The molecule has 4 heteroatoms. The van der Waals surface area contributed by atoms with E-state index in [2.05, 4.69) is 47.5 Å². The number of halogens is 1. The summed E-state index contributed by atoms with van der Waals surface area (Å²) in [6.45, 7) is 3.82. The Morgan fingerprint density at radius 3 is 2.62 bits per heavy atom. The molecule has 2 nitrogen and oxygen atoms in total. The number of likely N-dealkylation sites (tertiary alicyclic amines) is 1. The highest BCUT2D eigenvalue weighted by atomic mass is 35.5. The molecule has 1 aromatic heterocycles. The van der Waals surface area contributed by atoms with Crippen molar-refractivity contribution in [3.63, 3.8) is 0 Å². The number of benzene rings is 1. The lowest BCUT2D eigenvalue weighted by molar-refractivity contribution is -0.115. The lowest BCUT2D eigenvalue weighted by Gasteiger charge is -2.24. The molecule has 0 spiro atoms. The van der Waals surface area contributed by atoms with Crippen molar-refractivity contribution in [2.24, 2.45) is 5.92 Å². The minimum Gasteiger partial charge on any atom is -0.295 e. The van der Waals surface area contributed by atoms with Crippen molar-refractivity contribution in [2.45, 2.75) is 18.9 Å². The highest BCUT2D eigenvalue weighted by Crippen LogP contribution is 2.39. The molecule has 3 rings (SSSR count). The van der Waals surface area contributed by atoms with Gasteiger partial charge in [0.05, 0.1) is 5.92 Å². The van der Waals surface area contributed by atoms with Gasteiger partial charge in [-0.15, -0.1) is 11.3 Å². The minimum absolute atomic E-state index is 0.100. The normalized spacial score (nSPS) is 24.1. The topological polar surface area (TPSA) is 20.3 Å². The summed E-state index contributed by atoms with van der Waals surface area (Å²) in [5.41, 5.74) is 1.28. The standard InChI is InChI=1S/C17H18ClNOS/c1-12(13-6-3-2-4-7-13)19-10-14(15(11-19)17(18)20)16-8-5-9-21-16/h2-9,12,14-15H,10-11H2,1H3. The van der Waals surface area contributed by atoms with E-state index in [1.807, 2.05) is 12.1 Å². The summed E-state index contributed by atoms with van der Waals surface area (Å²) in [7, 11) is 0. The largest absolute Gasteiger partial charge is 0.295 e. The van der Waals surface area contributed by atoms with E-state index in [0.29, 0.717) is 6.04 Å². The molecule has 0 radical (unpaired) electrons. The number of hydrogen-bond donors (Lipinski definition) is 0. The SMILES string of the molecule is CC(c1ccccc1)N1CC(C(=O)Cl)C(c2cccs2)C1. The Morgan fingerprint density at radius 1 is 1.24 bits per heavy atom. The zero-order valence-electron chi connectivity index (χ0n) is 11.9. The molecule has 0 N–H and O–H groups in total. The van der Waals surface area contributed by atoms with Crippen LogP contribution in [0.4, 0.5) is 0 Å². The van der Waals surface area contributed by atoms with Gasteiger partial charge in [-0.05, 0) is 35.5 Å². The van der Waals surface area contributed by atoms with Crippen LogP contribution < -0.4 is 0 Å². The zero-order valence-corrected chi connectivity index (χ0v) is 13.5. The third kappa shape index (κ3) is 3.05. The molecule has 21 heavy (non-hydrogen) atoms. The summed E-state index contributed by atoms with van der Waals surface area (Å²) < 4.78 is 0. The quantitative estimate of drug-likeness (QED) is 0.783. The third-order valence-electron chi connectivity index (χ3n) is 4.38. The molecule has 1 aliphatic rings. The zero-order chi connectivity index (χ0) is 14.8. The average molecular weight is 320 g/mol. The molecule has 0 amide bonds. The van der Waals surface area contributed by atoms with Crippen LogP contribution in [-0.4, -0.2) is 23.2 Å². The number of thiophene rings is 1. The van der Waals surface area contributed by atoms with Gasteiger partial charge in [-0.25, -0.2) is 0 Å². The fourth-order valence-corrected chi connectivity index (χ4v) is 4.22. The Balaban J connectivity index is 1.82. The van der Waals surface area contributed by atoms with E-state index < -0.39 is 0 Å². The number of nitrogens with zero attached hydrogens (tertiary/aromatic N) is 1. The molecule has 0 aliphatic carbocycles. The maximum absolute atomic E-state index is 11.8. The number of hydrogen-bond acceptors (Lipinski definition) is 3. The highest BCUT2D eigenvalue weighted by molar-refractivity contribution is 7.10. The Morgan fingerprint density at radius 2 is 2.00 bits per heavy atom. The molecule has 1 saturated heterocycles. The summed E-state index contributed by atoms with van der Waals surface area (Å²) in [6, 6.07) is 14.9. The van der Waals surface area contributed by atoms with Crippen LogP contribution in [0.2, 0.25) is 0 Å².